The summed E-state index contributed by atoms with van der Waals surface area (Å²) in [6.07, 6.45) is 0. The average Bonchev–Trinajstić information content (AvgIpc) is 3.38. The van der Waals surface area contributed by atoms with Gasteiger partial charge in [0.15, 0.2) is 0 Å². The Bertz CT molecular complexity index is 1790. The fraction of sp³-hybridized carbons (Fsp3) is 0.118. The van der Waals surface area contributed by atoms with Gasteiger partial charge in [-0.25, -0.2) is 0 Å². The Morgan fingerprint density at radius 3 is 2.22 bits per heavy atom. The van der Waals surface area contributed by atoms with Gasteiger partial charge in [0.1, 0.15) is 0 Å². The molecule has 0 atom stereocenters. The standard InChI is InChI=1S/C34H27NS/c1-22-10-8-11-23(20-22)35(31-16-9-14-28-27-13-5-7-17-32(27)36-33(28)31)24-18-19-26-25-12-4-6-15-29(25)34(2,3)30(26)21-24/h4-21H,1-3H3. The zero-order chi connectivity index (χ0) is 24.4. The Kier molecular flexibility index (Phi) is 4.64. The number of aryl methyl sites for hydroxylation is 1. The molecule has 0 N–H and O–H groups in total. The summed E-state index contributed by atoms with van der Waals surface area (Å²) in [5.41, 5.74) is 10.3. The molecule has 1 aliphatic rings. The minimum absolute atomic E-state index is 0.0379. The lowest BCUT2D eigenvalue weighted by Gasteiger charge is -2.28. The molecule has 0 unspecified atom stereocenters. The molecule has 36 heavy (non-hydrogen) atoms. The van der Waals surface area contributed by atoms with Crippen LogP contribution in [0.2, 0.25) is 0 Å². The SMILES string of the molecule is Cc1cccc(N(c2ccc3c(c2)C(C)(C)c2ccccc2-3)c2cccc3c2sc2ccccc23)c1. The van der Waals surface area contributed by atoms with Crippen molar-refractivity contribution in [3.05, 3.63) is 126 Å². The summed E-state index contributed by atoms with van der Waals surface area (Å²) >= 11 is 1.88. The zero-order valence-corrected chi connectivity index (χ0v) is 21.6. The quantitative estimate of drug-likeness (QED) is 0.243. The van der Waals surface area contributed by atoms with Gasteiger partial charge in [0, 0.05) is 32.3 Å². The van der Waals surface area contributed by atoms with Gasteiger partial charge in [0.2, 0.25) is 0 Å². The molecule has 1 aromatic heterocycles. The molecule has 5 aromatic carbocycles. The van der Waals surface area contributed by atoms with Crippen molar-refractivity contribution in [3.8, 4) is 11.1 Å². The van der Waals surface area contributed by atoms with Crippen molar-refractivity contribution in [1.29, 1.82) is 0 Å². The van der Waals surface area contributed by atoms with Crippen LogP contribution < -0.4 is 4.90 Å². The zero-order valence-electron chi connectivity index (χ0n) is 20.7. The van der Waals surface area contributed by atoms with Gasteiger partial charge in [-0.1, -0.05) is 86.6 Å². The van der Waals surface area contributed by atoms with Crippen molar-refractivity contribution in [1.82, 2.24) is 0 Å². The molecular formula is C34H27NS. The van der Waals surface area contributed by atoms with Crippen molar-refractivity contribution < 1.29 is 0 Å². The van der Waals surface area contributed by atoms with E-state index < -0.39 is 0 Å². The van der Waals surface area contributed by atoms with Gasteiger partial charge >= 0.3 is 0 Å². The van der Waals surface area contributed by atoms with Crippen LogP contribution in [0, 0.1) is 6.92 Å². The molecular weight excluding hydrogens is 454 g/mol. The highest BCUT2D eigenvalue weighted by atomic mass is 32.1. The van der Waals surface area contributed by atoms with Gasteiger partial charge in [-0.2, -0.15) is 0 Å². The Labute approximate surface area is 216 Å². The van der Waals surface area contributed by atoms with E-state index in [-0.39, 0.29) is 5.41 Å². The first kappa shape index (κ1) is 21.4. The van der Waals surface area contributed by atoms with Crippen LogP contribution >= 0.6 is 11.3 Å². The maximum Gasteiger partial charge on any atom is 0.0640 e. The van der Waals surface area contributed by atoms with E-state index in [1.807, 2.05) is 11.3 Å². The highest BCUT2D eigenvalue weighted by Gasteiger charge is 2.35. The van der Waals surface area contributed by atoms with E-state index in [0.29, 0.717) is 0 Å². The normalized spacial score (nSPS) is 13.6. The summed E-state index contributed by atoms with van der Waals surface area (Å²) in [6.45, 7) is 6.88. The predicted octanol–water partition coefficient (Wildman–Crippen LogP) is 10.1. The Hall–Kier alpha value is -3.88. The fourth-order valence-electron chi connectivity index (χ4n) is 5.93. The van der Waals surface area contributed by atoms with Gasteiger partial charge in [-0.15, -0.1) is 11.3 Å². The molecule has 0 saturated carbocycles. The van der Waals surface area contributed by atoms with Crippen LogP contribution in [0.1, 0.15) is 30.5 Å². The van der Waals surface area contributed by atoms with Gasteiger partial charge < -0.3 is 4.90 Å². The van der Waals surface area contributed by atoms with Gasteiger partial charge in [0.25, 0.3) is 0 Å². The topological polar surface area (TPSA) is 3.24 Å². The number of rotatable bonds is 3. The van der Waals surface area contributed by atoms with Crippen LogP contribution in [0.3, 0.4) is 0 Å². The highest BCUT2D eigenvalue weighted by molar-refractivity contribution is 7.26. The van der Waals surface area contributed by atoms with Gasteiger partial charge in [-0.3, -0.25) is 0 Å². The van der Waals surface area contributed by atoms with E-state index in [4.69, 9.17) is 0 Å². The fourth-order valence-corrected chi connectivity index (χ4v) is 7.14. The van der Waals surface area contributed by atoms with Crippen molar-refractivity contribution in [2.24, 2.45) is 0 Å². The molecule has 0 saturated heterocycles. The average molecular weight is 482 g/mol. The second-order valence-corrected chi connectivity index (χ2v) is 11.4. The number of hydrogen-bond donors (Lipinski definition) is 0. The molecule has 1 nitrogen and oxygen atoms in total. The molecule has 0 fully saturated rings. The summed E-state index contributed by atoms with van der Waals surface area (Å²) < 4.78 is 2.65. The lowest BCUT2D eigenvalue weighted by molar-refractivity contribution is 0.660. The summed E-state index contributed by atoms with van der Waals surface area (Å²) in [4.78, 5) is 2.45. The molecule has 7 rings (SSSR count). The first-order valence-corrected chi connectivity index (χ1v) is 13.4. The first-order valence-electron chi connectivity index (χ1n) is 12.5. The van der Waals surface area contributed by atoms with Crippen LogP contribution in [-0.2, 0) is 5.41 Å². The number of nitrogens with zero attached hydrogens (tertiary/aromatic N) is 1. The summed E-state index contributed by atoms with van der Waals surface area (Å²) in [7, 11) is 0. The number of hydrogen-bond acceptors (Lipinski definition) is 2. The Balaban J connectivity index is 1.50. The van der Waals surface area contributed by atoms with Crippen LogP contribution in [-0.4, -0.2) is 0 Å². The van der Waals surface area contributed by atoms with E-state index in [1.54, 1.807) is 0 Å². The maximum absolute atomic E-state index is 2.45. The molecule has 0 radical (unpaired) electrons. The third kappa shape index (κ3) is 3.08. The third-order valence-corrected chi connectivity index (χ3v) is 8.92. The lowest BCUT2D eigenvalue weighted by atomic mass is 9.82. The van der Waals surface area contributed by atoms with E-state index >= 15 is 0 Å². The number of anilines is 3. The highest BCUT2D eigenvalue weighted by Crippen LogP contribution is 2.51. The van der Waals surface area contributed by atoms with Crippen molar-refractivity contribution in [3.63, 3.8) is 0 Å². The van der Waals surface area contributed by atoms with Crippen molar-refractivity contribution >= 4 is 48.6 Å². The molecule has 0 aliphatic heterocycles. The largest absolute Gasteiger partial charge is 0.309 e. The van der Waals surface area contributed by atoms with Crippen LogP contribution in [0.15, 0.2) is 109 Å². The van der Waals surface area contributed by atoms with Crippen molar-refractivity contribution in [2.45, 2.75) is 26.2 Å². The molecule has 1 aliphatic carbocycles. The first-order chi connectivity index (χ1) is 17.5. The monoisotopic (exact) mass is 481 g/mol. The third-order valence-electron chi connectivity index (χ3n) is 7.71. The summed E-state index contributed by atoms with van der Waals surface area (Å²) in [5, 5.41) is 2.65. The summed E-state index contributed by atoms with van der Waals surface area (Å²) in [5.74, 6) is 0. The van der Waals surface area contributed by atoms with Crippen molar-refractivity contribution in [2.75, 3.05) is 4.90 Å². The maximum atomic E-state index is 2.45. The number of benzene rings is 5. The molecule has 0 spiro atoms. The lowest BCUT2D eigenvalue weighted by Crippen LogP contribution is -2.16. The van der Waals surface area contributed by atoms with Crippen LogP contribution in [0.25, 0.3) is 31.3 Å². The number of thiophene rings is 1. The van der Waals surface area contributed by atoms with E-state index in [0.717, 1.165) is 0 Å². The van der Waals surface area contributed by atoms with Crippen LogP contribution in [0.5, 0.6) is 0 Å². The number of fused-ring (bicyclic) bond motifs is 6. The second kappa shape index (κ2) is 7.81. The van der Waals surface area contributed by atoms with Crippen LogP contribution in [0.4, 0.5) is 17.1 Å². The molecule has 174 valence electrons. The summed E-state index contributed by atoms with van der Waals surface area (Å²) in [6, 6.07) is 40.2. The Morgan fingerprint density at radius 2 is 1.33 bits per heavy atom. The Morgan fingerprint density at radius 1 is 0.611 bits per heavy atom. The molecule has 0 bridgehead atoms. The van der Waals surface area contributed by atoms with Gasteiger partial charge in [-0.05, 0) is 71.1 Å². The predicted molar refractivity (Wildman–Crippen MR) is 156 cm³/mol. The van der Waals surface area contributed by atoms with E-state index in [1.165, 1.54) is 65.1 Å². The van der Waals surface area contributed by atoms with E-state index in [2.05, 4.69) is 135 Å². The minimum Gasteiger partial charge on any atom is -0.309 e. The molecule has 1 heterocycles. The molecule has 6 aromatic rings. The van der Waals surface area contributed by atoms with Gasteiger partial charge in [0.05, 0.1) is 10.4 Å². The van der Waals surface area contributed by atoms with E-state index in [9.17, 15) is 0 Å². The second-order valence-electron chi connectivity index (χ2n) is 10.3. The molecule has 0 amide bonds. The molecule has 2 heteroatoms. The smallest absolute Gasteiger partial charge is 0.0640 e. The minimum atomic E-state index is -0.0379.